The fraction of sp³-hybridized carbons (Fsp3) is 0.360. The van der Waals surface area contributed by atoms with Crippen LogP contribution < -0.4 is 21.3 Å². The van der Waals surface area contributed by atoms with Crippen molar-refractivity contribution >= 4 is 41.4 Å². The van der Waals surface area contributed by atoms with Gasteiger partial charge in [0.05, 0.1) is 22.9 Å². The summed E-state index contributed by atoms with van der Waals surface area (Å²) in [5, 5.41) is 20.5. The van der Waals surface area contributed by atoms with Gasteiger partial charge in [0.1, 0.15) is 11.8 Å². The number of carboxylic acids is 1. The predicted octanol–water partition coefficient (Wildman–Crippen LogP) is 2.01. The van der Waals surface area contributed by atoms with Gasteiger partial charge < -0.3 is 30.8 Å². The largest absolute Gasteiger partial charge is 0.480 e. The third-order valence-electron chi connectivity index (χ3n) is 5.69. The summed E-state index contributed by atoms with van der Waals surface area (Å²) in [7, 11) is 0. The maximum atomic E-state index is 12.9. The number of amides is 3. The molecule has 3 rings (SSSR count). The Balaban J connectivity index is 1.57. The van der Waals surface area contributed by atoms with Crippen molar-refractivity contribution in [3.63, 3.8) is 0 Å². The summed E-state index contributed by atoms with van der Waals surface area (Å²) in [6.07, 6.45) is 6.97. The first-order valence-electron chi connectivity index (χ1n) is 11.6. The van der Waals surface area contributed by atoms with E-state index in [1.54, 1.807) is 25.1 Å². The van der Waals surface area contributed by atoms with Crippen LogP contribution in [0.4, 0.5) is 0 Å². The molecule has 2 atom stereocenters. The normalized spacial score (nSPS) is 16.3. The van der Waals surface area contributed by atoms with Crippen molar-refractivity contribution in [1.29, 1.82) is 0 Å². The minimum Gasteiger partial charge on any atom is -0.480 e. The lowest BCUT2D eigenvalue weighted by Crippen LogP contribution is -2.53. The van der Waals surface area contributed by atoms with Crippen LogP contribution in [0.5, 0.6) is 0 Å². The lowest BCUT2D eigenvalue weighted by atomic mass is 10.0. The molecule has 10 nitrogen and oxygen atoms in total. The number of hydrogen-bond donors (Lipinski definition) is 5. The second-order valence-electron chi connectivity index (χ2n) is 8.45. The van der Waals surface area contributed by atoms with Crippen LogP contribution in [0.1, 0.15) is 46.5 Å². The van der Waals surface area contributed by atoms with Crippen molar-refractivity contribution in [3.05, 3.63) is 64.1 Å². The Morgan fingerprint density at radius 3 is 2.69 bits per heavy atom. The average molecular weight is 517 g/mol. The summed E-state index contributed by atoms with van der Waals surface area (Å²) >= 11 is 6.34. The Bertz CT molecular complexity index is 1100. The number of carboxylic acid groups (broad SMARTS) is 1. The van der Waals surface area contributed by atoms with Crippen molar-refractivity contribution in [2.75, 3.05) is 13.1 Å². The molecule has 5 N–H and O–H groups in total. The number of carbonyl (C=O) groups is 4. The van der Waals surface area contributed by atoms with Gasteiger partial charge in [0.15, 0.2) is 0 Å². The Morgan fingerprint density at radius 2 is 2.06 bits per heavy atom. The molecule has 1 unspecified atom stereocenters. The van der Waals surface area contributed by atoms with Crippen LogP contribution >= 0.6 is 11.6 Å². The zero-order valence-corrected chi connectivity index (χ0v) is 20.6. The minimum atomic E-state index is -1.33. The first-order chi connectivity index (χ1) is 17.2. The van der Waals surface area contributed by atoms with E-state index >= 15 is 0 Å². The van der Waals surface area contributed by atoms with Gasteiger partial charge in [0.25, 0.3) is 5.91 Å². The predicted molar refractivity (Wildman–Crippen MR) is 133 cm³/mol. The topological polar surface area (TPSA) is 150 Å². The van der Waals surface area contributed by atoms with Gasteiger partial charge in [-0.1, -0.05) is 24.1 Å². The van der Waals surface area contributed by atoms with Crippen molar-refractivity contribution < 1.29 is 28.7 Å². The average Bonchev–Trinajstić information content (AvgIpc) is 3.37. The van der Waals surface area contributed by atoms with Crippen molar-refractivity contribution in [2.24, 2.45) is 0 Å². The number of hydrogen-bond acceptors (Lipinski definition) is 6. The molecular weight excluding hydrogens is 488 g/mol. The Kier molecular flexibility index (Phi) is 9.66. The van der Waals surface area contributed by atoms with Gasteiger partial charge in [-0.25, -0.2) is 4.79 Å². The molecule has 1 saturated heterocycles. The van der Waals surface area contributed by atoms with E-state index in [2.05, 4.69) is 21.3 Å². The van der Waals surface area contributed by atoms with Gasteiger partial charge in [-0.3, -0.25) is 14.4 Å². The van der Waals surface area contributed by atoms with Crippen LogP contribution in [-0.2, 0) is 20.9 Å². The second kappa shape index (κ2) is 12.9. The highest BCUT2D eigenvalue weighted by molar-refractivity contribution is 6.34. The minimum absolute atomic E-state index is 0.113. The lowest BCUT2D eigenvalue weighted by Gasteiger charge is -2.23. The third-order valence-corrected chi connectivity index (χ3v) is 5.99. The van der Waals surface area contributed by atoms with E-state index in [9.17, 15) is 24.3 Å². The third kappa shape index (κ3) is 7.69. The van der Waals surface area contributed by atoms with Crippen LogP contribution in [0.3, 0.4) is 0 Å². The van der Waals surface area contributed by atoms with Gasteiger partial charge in [-0.15, -0.1) is 0 Å². The quantitative estimate of drug-likeness (QED) is 0.303. The Labute approximate surface area is 213 Å². The molecule has 2 heterocycles. The molecule has 2 aromatic rings. The molecular formula is C25H29ClN4O6. The summed E-state index contributed by atoms with van der Waals surface area (Å²) < 4.78 is 5.13. The van der Waals surface area contributed by atoms with Gasteiger partial charge in [0.2, 0.25) is 11.8 Å². The molecule has 0 bridgehead atoms. The number of nitrogens with one attached hydrogen (secondary N) is 4. The van der Waals surface area contributed by atoms with E-state index in [0.29, 0.717) is 23.3 Å². The van der Waals surface area contributed by atoms with E-state index in [4.69, 9.17) is 16.0 Å². The molecule has 1 aromatic carbocycles. The van der Waals surface area contributed by atoms with Crippen molar-refractivity contribution in [1.82, 2.24) is 21.3 Å². The number of carbonyl (C=O) groups excluding carboxylic acids is 3. The molecule has 1 fully saturated rings. The van der Waals surface area contributed by atoms with Gasteiger partial charge in [0, 0.05) is 19.2 Å². The highest BCUT2D eigenvalue weighted by Gasteiger charge is 2.26. The van der Waals surface area contributed by atoms with Crippen LogP contribution in [-0.4, -0.2) is 54.0 Å². The molecule has 0 spiro atoms. The number of rotatable bonds is 10. The van der Waals surface area contributed by atoms with E-state index in [0.717, 1.165) is 19.4 Å². The highest BCUT2D eigenvalue weighted by atomic mass is 35.5. The van der Waals surface area contributed by atoms with Gasteiger partial charge in [-0.2, -0.15) is 0 Å². The first kappa shape index (κ1) is 27.0. The molecule has 36 heavy (non-hydrogen) atoms. The number of halogens is 1. The molecule has 0 radical (unpaired) electrons. The summed E-state index contributed by atoms with van der Waals surface area (Å²) in [4.78, 5) is 48.9. The molecule has 1 aliphatic heterocycles. The van der Waals surface area contributed by atoms with Crippen LogP contribution in [0.25, 0.3) is 6.08 Å². The molecule has 3 amide bonds. The Hall–Kier alpha value is -3.63. The van der Waals surface area contributed by atoms with E-state index in [-0.39, 0.29) is 41.5 Å². The molecule has 192 valence electrons. The van der Waals surface area contributed by atoms with Crippen LogP contribution in [0.2, 0.25) is 5.02 Å². The van der Waals surface area contributed by atoms with Crippen LogP contribution in [0, 0.1) is 6.92 Å². The second-order valence-corrected chi connectivity index (χ2v) is 8.86. The summed E-state index contributed by atoms with van der Waals surface area (Å²) in [5.74, 6) is -2.04. The highest BCUT2D eigenvalue weighted by Crippen LogP contribution is 2.22. The molecule has 1 aliphatic rings. The molecule has 1 aromatic heterocycles. The molecule has 0 saturated carbocycles. The zero-order chi connectivity index (χ0) is 26.1. The fourth-order valence-electron chi connectivity index (χ4n) is 3.83. The zero-order valence-electron chi connectivity index (χ0n) is 19.8. The lowest BCUT2D eigenvalue weighted by molar-refractivity contribution is -0.139. The Morgan fingerprint density at radius 1 is 1.25 bits per heavy atom. The molecule has 11 heteroatoms. The number of aliphatic carboxylic acids is 1. The van der Waals surface area contributed by atoms with Crippen molar-refractivity contribution in [2.45, 2.75) is 44.8 Å². The van der Waals surface area contributed by atoms with Crippen molar-refractivity contribution in [3.8, 4) is 0 Å². The summed E-state index contributed by atoms with van der Waals surface area (Å²) in [6, 6.07) is 4.95. The maximum Gasteiger partial charge on any atom is 0.328 e. The van der Waals surface area contributed by atoms with E-state index in [1.807, 2.05) is 0 Å². The monoisotopic (exact) mass is 516 g/mol. The SMILES string of the molecule is Cc1cc(CNC(=O)/C=C/c2ccco2)cc(Cl)c1C(=O)N[C@@H](CNC(=O)C1CCCCN1)C(=O)O. The smallest absolute Gasteiger partial charge is 0.328 e. The molecule has 0 aliphatic carbocycles. The summed E-state index contributed by atoms with van der Waals surface area (Å²) in [6.45, 7) is 2.30. The number of aryl methyl sites for hydroxylation is 1. The number of benzene rings is 1. The number of piperidine rings is 1. The fourth-order valence-corrected chi connectivity index (χ4v) is 4.20. The van der Waals surface area contributed by atoms with Gasteiger partial charge in [-0.05, 0) is 61.7 Å². The van der Waals surface area contributed by atoms with Crippen LogP contribution in [0.15, 0.2) is 41.0 Å². The number of furan rings is 1. The van der Waals surface area contributed by atoms with E-state index in [1.165, 1.54) is 24.5 Å². The summed E-state index contributed by atoms with van der Waals surface area (Å²) in [5.41, 5.74) is 1.29. The van der Waals surface area contributed by atoms with Gasteiger partial charge >= 0.3 is 5.97 Å². The van der Waals surface area contributed by atoms with E-state index < -0.39 is 17.9 Å². The maximum absolute atomic E-state index is 12.9. The standard InChI is InChI=1S/C25H29ClN4O6/c1-15-11-16(13-28-21(31)8-7-17-5-4-10-36-17)12-18(26)22(15)24(33)30-20(25(34)35)14-29-23(32)19-6-2-3-9-27-19/h4-5,7-8,10-12,19-20,27H,2-3,6,9,13-14H2,1H3,(H,28,31)(H,29,32)(H,30,33)(H,34,35)/b8-7+/t19?,20-/m0/s1. The first-order valence-corrected chi connectivity index (χ1v) is 12.0.